The molecule has 0 spiro atoms. The van der Waals surface area contributed by atoms with Crippen LogP contribution in [0.2, 0.25) is 0 Å². The molecule has 0 radical (unpaired) electrons. The monoisotopic (exact) mass is 274 g/mol. The van der Waals surface area contributed by atoms with Crippen LogP contribution in [0.4, 0.5) is 0 Å². The van der Waals surface area contributed by atoms with Crippen molar-refractivity contribution >= 4 is 11.8 Å². The lowest BCUT2D eigenvalue weighted by Crippen LogP contribution is -2.43. The second-order valence-corrected chi connectivity index (χ2v) is 5.19. The molecular formula is C16H22N2O2. The normalized spacial score (nSPS) is 10.8. The van der Waals surface area contributed by atoms with Crippen molar-refractivity contribution in [3.8, 4) is 0 Å². The molecule has 2 N–H and O–H groups in total. The maximum atomic E-state index is 12.3. The Morgan fingerprint density at radius 3 is 2.40 bits per heavy atom. The van der Waals surface area contributed by atoms with E-state index in [1.54, 1.807) is 0 Å². The van der Waals surface area contributed by atoms with E-state index in [9.17, 15) is 9.59 Å². The molecule has 2 amide bonds. The first-order valence-electron chi connectivity index (χ1n) is 6.64. The fraction of sp³-hybridized carbons (Fsp3) is 0.375. The van der Waals surface area contributed by atoms with E-state index >= 15 is 0 Å². The standard InChI is InChI=1S/C16H22N2O2/c1-5-14(19)17-10-11-18-15(20)16(3,4)13-9-7-6-8-12(13)2/h5-9H,1,10-11H2,2-4H3,(H,17,19)(H,18,20). The molecule has 108 valence electrons. The third-order valence-corrected chi connectivity index (χ3v) is 3.28. The maximum Gasteiger partial charge on any atom is 0.243 e. The lowest BCUT2D eigenvalue weighted by molar-refractivity contribution is -0.125. The number of aryl methyl sites for hydroxylation is 1. The first-order chi connectivity index (χ1) is 9.39. The SMILES string of the molecule is C=CC(=O)NCCNC(=O)C(C)(C)c1ccccc1C. The highest BCUT2D eigenvalue weighted by Gasteiger charge is 2.30. The Morgan fingerprint density at radius 1 is 1.20 bits per heavy atom. The van der Waals surface area contributed by atoms with Crippen molar-refractivity contribution in [3.63, 3.8) is 0 Å². The average Bonchev–Trinajstić information content (AvgIpc) is 2.43. The summed E-state index contributed by atoms with van der Waals surface area (Å²) >= 11 is 0. The van der Waals surface area contributed by atoms with Crippen LogP contribution in [-0.4, -0.2) is 24.9 Å². The second kappa shape index (κ2) is 6.89. The van der Waals surface area contributed by atoms with Crippen molar-refractivity contribution in [2.45, 2.75) is 26.2 Å². The molecular weight excluding hydrogens is 252 g/mol. The van der Waals surface area contributed by atoms with E-state index < -0.39 is 5.41 Å². The van der Waals surface area contributed by atoms with Crippen LogP contribution in [0.5, 0.6) is 0 Å². The zero-order chi connectivity index (χ0) is 15.2. The van der Waals surface area contributed by atoms with Crippen molar-refractivity contribution < 1.29 is 9.59 Å². The van der Waals surface area contributed by atoms with Crippen molar-refractivity contribution in [3.05, 3.63) is 48.0 Å². The second-order valence-electron chi connectivity index (χ2n) is 5.19. The van der Waals surface area contributed by atoms with Gasteiger partial charge in [0.1, 0.15) is 0 Å². The van der Waals surface area contributed by atoms with Crippen LogP contribution in [0.15, 0.2) is 36.9 Å². The summed E-state index contributed by atoms with van der Waals surface area (Å²) in [6.07, 6.45) is 1.21. The fourth-order valence-corrected chi connectivity index (χ4v) is 2.05. The number of amides is 2. The number of benzene rings is 1. The molecule has 0 fully saturated rings. The van der Waals surface area contributed by atoms with Crippen molar-refractivity contribution in [1.82, 2.24) is 10.6 Å². The highest BCUT2D eigenvalue weighted by Crippen LogP contribution is 2.26. The molecule has 1 aromatic carbocycles. The summed E-state index contributed by atoms with van der Waals surface area (Å²) in [5.41, 5.74) is 1.49. The van der Waals surface area contributed by atoms with Crippen LogP contribution in [0.3, 0.4) is 0 Å². The van der Waals surface area contributed by atoms with Gasteiger partial charge in [-0.25, -0.2) is 0 Å². The Kier molecular flexibility index (Phi) is 5.50. The van der Waals surface area contributed by atoms with Crippen LogP contribution >= 0.6 is 0 Å². The number of hydrogen-bond acceptors (Lipinski definition) is 2. The molecule has 1 rings (SSSR count). The summed E-state index contributed by atoms with van der Waals surface area (Å²) in [7, 11) is 0. The zero-order valence-electron chi connectivity index (χ0n) is 12.3. The summed E-state index contributed by atoms with van der Waals surface area (Å²) in [5.74, 6) is -0.294. The van der Waals surface area contributed by atoms with E-state index in [4.69, 9.17) is 0 Å². The summed E-state index contributed by atoms with van der Waals surface area (Å²) in [6, 6.07) is 7.85. The molecule has 20 heavy (non-hydrogen) atoms. The molecule has 0 aromatic heterocycles. The molecule has 4 nitrogen and oxygen atoms in total. The quantitative estimate of drug-likeness (QED) is 0.612. The highest BCUT2D eigenvalue weighted by atomic mass is 16.2. The van der Waals surface area contributed by atoms with Crippen molar-refractivity contribution in [2.75, 3.05) is 13.1 Å². The molecule has 0 unspecified atom stereocenters. The largest absolute Gasteiger partial charge is 0.354 e. The molecule has 0 aliphatic carbocycles. The zero-order valence-corrected chi connectivity index (χ0v) is 12.3. The van der Waals surface area contributed by atoms with Gasteiger partial charge in [0.15, 0.2) is 0 Å². The molecule has 0 bridgehead atoms. The molecule has 0 atom stereocenters. The minimum Gasteiger partial charge on any atom is -0.354 e. The lowest BCUT2D eigenvalue weighted by Gasteiger charge is -2.26. The van der Waals surface area contributed by atoms with E-state index in [2.05, 4.69) is 17.2 Å². The first-order valence-corrected chi connectivity index (χ1v) is 6.64. The number of rotatable bonds is 6. The summed E-state index contributed by atoms with van der Waals surface area (Å²) in [6.45, 7) is 9.94. The highest BCUT2D eigenvalue weighted by molar-refractivity contribution is 5.88. The van der Waals surface area contributed by atoms with Crippen molar-refractivity contribution in [2.24, 2.45) is 0 Å². The summed E-state index contributed by atoms with van der Waals surface area (Å²) in [4.78, 5) is 23.3. The smallest absolute Gasteiger partial charge is 0.243 e. The van der Waals surface area contributed by atoms with Gasteiger partial charge in [-0.05, 0) is 38.0 Å². The Balaban J connectivity index is 2.60. The van der Waals surface area contributed by atoms with Gasteiger partial charge in [-0.3, -0.25) is 9.59 Å². The van der Waals surface area contributed by atoms with Crippen LogP contribution in [0, 0.1) is 6.92 Å². The first kappa shape index (κ1) is 16.0. The molecule has 0 heterocycles. The maximum absolute atomic E-state index is 12.3. The number of carbonyl (C=O) groups excluding carboxylic acids is 2. The Morgan fingerprint density at radius 2 is 1.80 bits per heavy atom. The van der Waals surface area contributed by atoms with Gasteiger partial charge in [0, 0.05) is 13.1 Å². The van der Waals surface area contributed by atoms with E-state index in [0.717, 1.165) is 11.1 Å². The van der Waals surface area contributed by atoms with E-state index in [0.29, 0.717) is 13.1 Å². The number of hydrogen-bond donors (Lipinski definition) is 2. The number of carbonyl (C=O) groups is 2. The minimum atomic E-state index is -0.603. The van der Waals surface area contributed by atoms with Crippen LogP contribution in [0.25, 0.3) is 0 Å². The number of nitrogens with one attached hydrogen (secondary N) is 2. The third kappa shape index (κ3) is 3.95. The van der Waals surface area contributed by atoms with Gasteiger partial charge in [-0.15, -0.1) is 0 Å². The molecule has 4 heteroatoms. The van der Waals surface area contributed by atoms with Crippen LogP contribution < -0.4 is 10.6 Å². The predicted molar refractivity (Wildman–Crippen MR) is 80.4 cm³/mol. The van der Waals surface area contributed by atoms with Gasteiger partial charge in [-0.2, -0.15) is 0 Å². The van der Waals surface area contributed by atoms with Crippen LogP contribution in [-0.2, 0) is 15.0 Å². The molecule has 0 aliphatic rings. The van der Waals surface area contributed by atoms with Gasteiger partial charge < -0.3 is 10.6 Å². The average molecular weight is 274 g/mol. The van der Waals surface area contributed by atoms with Gasteiger partial charge in [-0.1, -0.05) is 30.8 Å². The summed E-state index contributed by atoms with van der Waals surface area (Å²) in [5, 5.41) is 5.46. The third-order valence-electron chi connectivity index (χ3n) is 3.28. The molecule has 1 aromatic rings. The van der Waals surface area contributed by atoms with Gasteiger partial charge in [0.25, 0.3) is 0 Å². The van der Waals surface area contributed by atoms with E-state index in [1.807, 2.05) is 45.0 Å². The predicted octanol–water partition coefficient (Wildman–Crippen LogP) is 1.69. The lowest BCUT2D eigenvalue weighted by atomic mass is 9.81. The van der Waals surface area contributed by atoms with Gasteiger partial charge in [0.2, 0.25) is 11.8 Å². The van der Waals surface area contributed by atoms with E-state index in [1.165, 1.54) is 6.08 Å². The van der Waals surface area contributed by atoms with E-state index in [-0.39, 0.29) is 11.8 Å². The fourth-order valence-electron chi connectivity index (χ4n) is 2.05. The molecule has 0 saturated carbocycles. The van der Waals surface area contributed by atoms with Crippen molar-refractivity contribution in [1.29, 1.82) is 0 Å². The van der Waals surface area contributed by atoms with Gasteiger partial charge in [0.05, 0.1) is 5.41 Å². The topological polar surface area (TPSA) is 58.2 Å². The summed E-state index contributed by atoms with van der Waals surface area (Å²) < 4.78 is 0. The Labute approximate surface area is 120 Å². The Hall–Kier alpha value is -2.10. The minimum absolute atomic E-state index is 0.0559. The molecule has 0 aliphatic heterocycles. The Bertz CT molecular complexity index is 507. The molecule has 0 saturated heterocycles. The van der Waals surface area contributed by atoms with Gasteiger partial charge >= 0.3 is 0 Å². The van der Waals surface area contributed by atoms with Crippen LogP contribution in [0.1, 0.15) is 25.0 Å².